The summed E-state index contributed by atoms with van der Waals surface area (Å²) in [4.78, 5) is 2.64. The lowest BCUT2D eigenvalue weighted by atomic mass is 9.79. The van der Waals surface area contributed by atoms with Crippen LogP contribution < -0.4 is 19.5 Å². The Hall–Kier alpha value is -0.880. The van der Waals surface area contributed by atoms with Crippen LogP contribution in [0.3, 0.4) is 0 Å². The second kappa shape index (κ2) is 11.8. The van der Waals surface area contributed by atoms with Crippen molar-refractivity contribution in [3.63, 3.8) is 0 Å². The van der Waals surface area contributed by atoms with Crippen LogP contribution in [0.2, 0.25) is 0 Å². The monoisotopic (exact) mass is 420 g/mol. The van der Waals surface area contributed by atoms with E-state index in [-0.39, 0.29) is 24.8 Å². The van der Waals surface area contributed by atoms with Crippen molar-refractivity contribution in [2.45, 2.75) is 38.1 Å². The van der Waals surface area contributed by atoms with Crippen molar-refractivity contribution in [3.05, 3.63) is 17.7 Å². The lowest BCUT2D eigenvalue weighted by Crippen LogP contribution is -2.47. The van der Waals surface area contributed by atoms with E-state index in [0.717, 1.165) is 43.4 Å². The van der Waals surface area contributed by atoms with Gasteiger partial charge < -0.3 is 19.5 Å². The Morgan fingerprint density at radius 3 is 1.96 bits per heavy atom. The summed E-state index contributed by atoms with van der Waals surface area (Å²) < 4.78 is 16.8. The van der Waals surface area contributed by atoms with Gasteiger partial charge in [-0.1, -0.05) is 19.3 Å². The summed E-state index contributed by atoms with van der Waals surface area (Å²) in [5.74, 6) is 3.10. The van der Waals surface area contributed by atoms with E-state index in [1.54, 1.807) is 21.3 Å². The second-order valence-electron chi connectivity index (χ2n) is 7.08. The topological polar surface area (TPSA) is 43.0 Å². The van der Waals surface area contributed by atoms with Gasteiger partial charge in [-0.3, -0.25) is 4.90 Å². The maximum absolute atomic E-state index is 5.77. The van der Waals surface area contributed by atoms with Gasteiger partial charge in [-0.15, -0.1) is 24.8 Å². The van der Waals surface area contributed by atoms with Gasteiger partial charge in [0.05, 0.1) is 21.3 Å². The number of nitrogens with one attached hydrogen (secondary N) is 1. The molecule has 7 heteroatoms. The standard InChI is InChI=1S/C20H32N2O3.2ClH/c1-23-17-14-19(25-3)18(24-2)13-16(17)20(15-7-5-4-6-8-15)22-11-9-21-10-12-22;;/h13-15,20-21H,4-12H2,1-3H3;2*1H/t20-;;/m1../s1. The minimum absolute atomic E-state index is 0. The van der Waals surface area contributed by atoms with Crippen molar-refractivity contribution < 1.29 is 14.2 Å². The number of ether oxygens (including phenoxy) is 3. The number of hydrogen-bond donors (Lipinski definition) is 1. The minimum atomic E-state index is 0. The molecule has 1 aromatic carbocycles. The molecule has 0 amide bonds. The Kier molecular flexibility index (Phi) is 10.6. The lowest BCUT2D eigenvalue weighted by Gasteiger charge is -2.41. The molecule has 2 aliphatic rings. The van der Waals surface area contributed by atoms with Crippen LogP contribution in [0.5, 0.6) is 17.2 Å². The first-order valence-electron chi connectivity index (χ1n) is 9.53. The quantitative estimate of drug-likeness (QED) is 0.750. The van der Waals surface area contributed by atoms with Crippen molar-refractivity contribution in [1.29, 1.82) is 0 Å². The van der Waals surface area contributed by atoms with Crippen molar-refractivity contribution in [1.82, 2.24) is 10.2 Å². The van der Waals surface area contributed by atoms with Gasteiger partial charge in [0, 0.05) is 43.9 Å². The number of benzene rings is 1. The van der Waals surface area contributed by atoms with Gasteiger partial charge in [-0.05, 0) is 24.8 Å². The Morgan fingerprint density at radius 2 is 1.41 bits per heavy atom. The predicted octanol–water partition coefficient (Wildman–Crippen LogP) is 4.08. The molecule has 0 bridgehead atoms. The average molecular weight is 421 g/mol. The number of nitrogens with zero attached hydrogens (tertiary/aromatic N) is 1. The van der Waals surface area contributed by atoms with Gasteiger partial charge in [0.15, 0.2) is 11.5 Å². The largest absolute Gasteiger partial charge is 0.496 e. The molecule has 0 spiro atoms. The highest BCUT2D eigenvalue weighted by atomic mass is 35.5. The van der Waals surface area contributed by atoms with Crippen molar-refractivity contribution in [2.75, 3.05) is 47.5 Å². The highest BCUT2D eigenvalue weighted by Crippen LogP contribution is 2.45. The van der Waals surface area contributed by atoms with E-state index >= 15 is 0 Å². The summed E-state index contributed by atoms with van der Waals surface area (Å²) in [6.07, 6.45) is 6.64. The zero-order chi connectivity index (χ0) is 17.6. The second-order valence-corrected chi connectivity index (χ2v) is 7.08. The van der Waals surface area contributed by atoms with Gasteiger partial charge in [0.25, 0.3) is 0 Å². The van der Waals surface area contributed by atoms with E-state index in [0.29, 0.717) is 12.0 Å². The first-order chi connectivity index (χ1) is 12.3. The summed E-state index contributed by atoms with van der Waals surface area (Å²) in [6, 6.07) is 4.50. The Labute approximate surface area is 175 Å². The molecule has 1 aromatic rings. The van der Waals surface area contributed by atoms with Gasteiger partial charge >= 0.3 is 0 Å². The van der Waals surface area contributed by atoms with E-state index in [1.165, 1.54) is 37.7 Å². The molecule has 1 N–H and O–H groups in total. The maximum atomic E-state index is 5.77. The minimum Gasteiger partial charge on any atom is -0.496 e. The third kappa shape index (κ3) is 5.57. The van der Waals surface area contributed by atoms with E-state index < -0.39 is 0 Å². The lowest BCUT2D eigenvalue weighted by molar-refractivity contribution is 0.101. The third-order valence-electron chi connectivity index (χ3n) is 5.70. The molecule has 1 heterocycles. The molecule has 0 unspecified atom stereocenters. The fraction of sp³-hybridized carbons (Fsp3) is 0.700. The smallest absolute Gasteiger partial charge is 0.164 e. The maximum Gasteiger partial charge on any atom is 0.164 e. The van der Waals surface area contributed by atoms with Crippen LogP contribution in [-0.4, -0.2) is 52.4 Å². The van der Waals surface area contributed by atoms with Crippen molar-refractivity contribution in [2.24, 2.45) is 5.92 Å². The molecule has 0 radical (unpaired) electrons. The number of piperazine rings is 1. The summed E-state index contributed by atoms with van der Waals surface area (Å²) in [5.41, 5.74) is 1.24. The molecule has 1 atom stereocenters. The van der Waals surface area contributed by atoms with Crippen molar-refractivity contribution >= 4 is 24.8 Å². The van der Waals surface area contributed by atoms with Gasteiger partial charge in [-0.25, -0.2) is 0 Å². The molecule has 1 aliphatic carbocycles. The normalized spacial score (nSPS) is 19.4. The van der Waals surface area contributed by atoms with Gasteiger partial charge in [0.1, 0.15) is 5.75 Å². The first kappa shape index (κ1) is 24.2. The van der Waals surface area contributed by atoms with Crippen LogP contribution in [0, 0.1) is 5.92 Å². The molecule has 1 saturated heterocycles. The fourth-order valence-corrected chi connectivity index (χ4v) is 4.44. The highest BCUT2D eigenvalue weighted by molar-refractivity contribution is 5.85. The average Bonchev–Trinajstić information content (AvgIpc) is 2.69. The fourth-order valence-electron chi connectivity index (χ4n) is 4.44. The Morgan fingerprint density at radius 1 is 0.852 bits per heavy atom. The van der Waals surface area contributed by atoms with E-state index in [2.05, 4.69) is 16.3 Å². The first-order valence-corrected chi connectivity index (χ1v) is 9.53. The van der Waals surface area contributed by atoms with Gasteiger partial charge in [-0.2, -0.15) is 0 Å². The number of hydrogen-bond acceptors (Lipinski definition) is 5. The summed E-state index contributed by atoms with van der Waals surface area (Å²) in [6.45, 7) is 4.27. The predicted molar refractivity (Wildman–Crippen MR) is 114 cm³/mol. The molecule has 2 fully saturated rings. The highest BCUT2D eigenvalue weighted by Gasteiger charge is 2.33. The molecule has 0 aromatic heterocycles. The summed E-state index contributed by atoms with van der Waals surface area (Å²) in [7, 11) is 5.13. The molecule has 27 heavy (non-hydrogen) atoms. The molecular formula is C20H34Cl2N2O3. The van der Waals surface area contributed by atoms with Crippen molar-refractivity contribution in [3.8, 4) is 17.2 Å². The Bertz CT molecular complexity index is 544. The number of methoxy groups -OCH3 is 3. The van der Waals surface area contributed by atoms with Crippen LogP contribution in [0.4, 0.5) is 0 Å². The van der Waals surface area contributed by atoms with E-state index in [4.69, 9.17) is 14.2 Å². The van der Waals surface area contributed by atoms with E-state index in [9.17, 15) is 0 Å². The third-order valence-corrected chi connectivity index (χ3v) is 5.70. The number of halogens is 2. The van der Waals surface area contributed by atoms with E-state index in [1.807, 2.05) is 6.07 Å². The van der Waals surface area contributed by atoms with Crippen LogP contribution in [0.25, 0.3) is 0 Å². The summed E-state index contributed by atoms with van der Waals surface area (Å²) in [5, 5.41) is 3.48. The van der Waals surface area contributed by atoms with Crippen LogP contribution in [0.1, 0.15) is 43.7 Å². The van der Waals surface area contributed by atoms with Gasteiger partial charge in [0.2, 0.25) is 0 Å². The molecule has 5 nitrogen and oxygen atoms in total. The molecule has 156 valence electrons. The zero-order valence-electron chi connectivity index (χ0n) is 16.7. The zero-order valence-corrected chi connectivity index (χ0v) is 18.3. The number of rotatable bonds is 6. The molecular weight excluding hydrogens is 387 g/mol. The van der Waals surface area contributed by atoms with Crippen LogP contribution in [0.15, 0.2) is 12.1 Å². The SMILES string of the molecule is COc1cc(OC)c([C@@H](C2CCCCC2)N2CCNCC2)cc1OC.Cl.Cl. The summed E-state index contributed by atoms with van der Waals surface area (Å²) >= 11 is 0. The molecule has 1 saturated carbocycles. The van der Waals surface area contributed by atoms with Crippen LogP contribution in [-0.2, 0) is 0 Å². The molecule has 3 rings (SSSR count). The van der Waals surface area contributed by atoms with Crippen LogP contribution >= 0.6 is 24.8 Å². The molecule has 1 aliphatic heterocycles. The Balaban J connectivity index is 0.00000182.